The second kappa shape index (κ2) is 4.27. The van der Waals surface area contributed by atoms with Gasteiger partial charge in [-0.1, -0.05) is 6.92 Å². The number of carbonyl (C=O) groups excluding carboxylic acids is 1. The highest BCUT2D eigenvalue weighted by molar-refractivity contribution is 5.73. The lowest BCUT2D eigenvalue weighted by Crippen LogP contribution is -2.44. The molecule has 1 heterocycles. The molecule has 0 aromatic rings. The van der Waals surface area contributed by atoms with Crippen molar-refractivity contribution in [1.82, 2.24) is 4.90 Å². The first kappa shape index (κ1) is 10.0. The smallest absolute Gasteiger partial charge is 0.219 e. The molecule has 1 fully saturated rings. The van der Waals surface area contributed by atoms with E-state index < -0.39 is 0 Å². The second-order valence-electron chi connectivity index (χ2n) is 3.86. The first-order chi connectivity index (χ1) is 6.15. The summed E-state index contributed by atoms with van der Waals surface area (Å²) in [5.41, 5.74) is 0. The van der Waals surface area contributed by atoms with Crippen molar-refractivity contribution >= 4 is 5.91 Å². The van der Waals surface area contributed by atoms with Crippen LogP contribution < -0.4 is 0 Å². The molecule has 0 saturated carbocycles. The van der Waals surface area contributed by atoms with Gasteiger partial charge in [0.2, 0.25) is 5.91 Å². The summed E-state index contributed by atoms with van der Waals surface area (Å²) < 4.78 is 0. The lowest BCUT2D eigenvalue weighted by atomic mass is 9.91. The van der Waals surface area contributed by atoms with Gasteiger partial charge in [-0.15, -0.1) is 0 Å². The van der Waals surface area contributed by atoms with Crippen molar-refractivity contribution < 1.29 is 4.79 Å². The van der Waals surface area contributed by atoms with Crippen LogP contribution in [0.4, 0.5) is 0 Å². The molecular weight excluding hydrogens is 164 g/mol. The van der Waals surface area contributed by atoms with Gasteiger partial charge in [0.25, 0.3) is 0 Å². The highest BCUT2D eigenvalue weighted by atomic mass is 16.2. The standard InChI is InChI=1S/C10H16N2O/c1-8-4-6-12(9(2)13)10(7-8)3-5-11/h8,10H,3-4,6-7H2,1-2H3/t8-,10+/m0/s1. The number of rotatable bonds is 1. The number of carbonyl (C=O) groups is 1. The summed E-state index contributed by atoms with van der Waals surface area (Å²) >= 11 is 0. The zero-order valence-corrected chi connectivity index (χ0v) is 8.29. The molecule has 1 aliphatic heterocycles. The van der Waals surface area contributed by atoms with Gasteiger partial charge in [0.15, 0.2) is 0 Å². The number of hydrogen-bond acceptors (Lipinski definition) is 2. The molecule has 1 amide bonds. The van der Waals surface area contributed by atoms with E-state index in [2.05, 4.69) is 13.0 Å². The number of amides is 1. The first-order valence-corrected chi connectivity index (χ1v) is 4.79. The number of nitrogens with zero attached hydrogens (tertiary/aromatic N) is 2. The second-order valence-corrected chi connectivity index (χ2v) is 3.86. The largest absolute Gasteiger partial charge is 0.339 e. The van der Waals surface area contributed by atoms with Crippen molar-refractivity contribution in [3.05, 3.63) is 0 Å². The Morgan fingerprint density at radius 2 is 2.38 bits per heavy atom. The van der Waals surface area contributed by atoms with Crippen LogP contribution in [-0.4, -0.2) is 23.4 Å². The molecule has 1 rings (SSSR count). The molecule has 0 unspecified atom stereocenters. The summed E-state index contributed by atoms with van der Waals surface area (Å²) in [6.07, 6.45) is 2.53. The maximum atomic E-state index is 11.2. The highest BCUT2D eigenvalue weighted by Crippen LogP contribution is 2.24. The summed E-state index contributed by atoms with van der Waals surface area (Å²) in [7, 11) is 0. The van der Waals surface area contributed by atoms with Gasteiger partial charge < -0.3 is 4.90 Å². The first-order valence-electron chi connectivity index (χ1n) is 4.79. The van der Waals surface area contributed by atoms with Crippen molar-refractivity contribution in [1.29, 1.82) is 5.26 Å². The average molecular weight is 180 g/mol. The van der Waals surface area contributed by atoms with Crippen molar-refractivity contribution in [2.45, 2.75) is 39.2 Å². The van der Waals surface area contributed by atoms with E-state index in [1.165, 1.54) is 0 Å². The Balaban J connectivity index is 2.61. The van der Waals surface area contributed by atoms with Gasteiger partial charge in [0.1, 0.15) is 0 Å². The van der Waals surface area contributed by atoms with Crippen molar-refractivity contribution in [2.75, 3.05) is 6.54 Å². The minimum absolute atomic E-state index is 0.104. The number of likely N-dealkylation sites (tertiary alicyclic amines) is 1. The van der Waals surface area contributed by atoms with E-state index in [1.54, 1.807) is 6.92 Å². The van der Waals surface area contributed by atoms with Crippen LogP contribution >= 0.6 is 0 Å². The molecule has 72 valence electrons. The summed E-state index contributed by atoms with van der Waals surface area (Å²) in [6.45, 7) is 4.59. The van der Waals surface area contributed by atoms with Crippen LogP contribution in [0.5, 0.6) is 0 Å². The van der Waals surface area contributed by atoms with Gasteiger partial charge in [-0.05, 0) is 18.8 Å². The lowest BCUT2D eigenvalue weighted by molar-refractivity contribution is -0.132. The zero-order chi connectivity index (χ0) is 9.84. The molecule has 0 N–H and O–H groups in total. The van der Waals surface area contributed by atoms with Crippen LogP contribution in [0.3, 0.4) is 0 Å². The molecule has 0 spiro atoms. The monoisotopic (exact) mass is 180 g/mol. The molecule has 13 heavy (non-hydrogen) atoms. The van der Waals surface area contributed by atoms with E-state index in [1.807, 2.05) is 4.90 Å². The van der Waals surface area contributed by atoms with Crippen molar-refractivity contribution in [2.24, 2.45) is 5.92 Å². The summed E-state index contributed by atoms with van der Waals surface area (Å²) in [4.78, 5) is 13.0. The van der Waals surface area contributed by atoms with Crippen LogP contribution in [0, 0.1) is 17.2 Å². The summed E-state index contributed by atoms with van der Waals surface area (Å²) in [5, 5.41) is 8.62. The Morgan fingerprint density at radius 1 is 1.69 bits per heavy atom. The third kappa shape index (κ3) is 2.45. The molecule has 0 radical (unpaired) electrons. The van der Waals surface area contributed by atoms with Gasteiger partial charge in [0.05, 0.1) is 12.5 Å². The van der Waals surface area contributed by atoms with Gasteiger partial charge in [0, 0.05) is 19.5 Å². The van der Waals surface area contributed by atoms with Gasteiger partial charge >= 0.3 is 0 Å². The average Bonchev–Trinajstić information content (AvgIpc) is 2.04. The Bertz CT molecular complexity index is 232. The van der Waals surface area contributed by atoms with Gasteiger partial charge in [-0.25, -0.2) is 0 Å². The molecule has 0 aromatic carbocycles. The quantitative estimate of drug-likeness (QED) is 0.614. The third-order valence-corrected chi connectivity index (χ3v) is 2.71. The van der Waals surface area contributed by atoms with Crippen LogP contribution in [0.15, 0.2) is 0 Å². The fourth-order valence-electron chi connectivity index (χ4n) is 1.97. The minimum atomic E-state index is 0.104. The summed E-state index contributed by atoms with van der Waals surface area (Å²) in [6, 6.07) is 2.31. The maximum Gasteiger partial charge on any atom is 0.219 e. The van der Waals surface area contributed by atoms with E-state index in [4.69, 9.17) is 5.26 Å². The Kier molecular flexibility index (Phi) is 3.30. The topological polar surface area (TPSA) is 44.1 Å². The van der Waals surface area contributed by atoms with E-state index >= 15 is 0 Å². The molecule has 3 nitrogen and oxygen atoms in total. The van der Waals surface area contributed by atoms with E-state index in [0.717, 1.165) is 19.4 Å². The van der Waals surface area contributed by atoms with Crippen molar-refractivity contribution in [3.63, 3.8) is 0 Å². The van der Waals surface area contributed by atoms with Gasteiger partial charge in [-0.3, -0.25) is 4.79 Å². The molecule has 3 heteroatoms. The summed E-state index contributed by atoms with van der Waals surface area (Å²) in [5.74, 6) is 0.751. The number of nitriles is 1. The van der Waals surface area contributed by atoms with Crippen LogP contribution in [0.1, 0.15) is 33.1 Å². The van der Waals surface area contributed by atoms with Crippen molar-refractivity contribution in [3.8, 4) is 6.07 Å². The maximum absolute atomic E-state index is 11.2. The Hall–Kier alpha value is -1.04. The Morgan fingerprint density at radius 3 is 2.92 bits per heavy atom. The van der Waals surface area contributed by atoms with Gasteiger partial charge in [-0.2, -0.15) is 5.26 Å². The number of piperidine rings is 1. The molecule has 1 aliphatic rings. The Labute approximate surface area is 79.3 Å². The third-order valence-electron chi connectivity index (χ3n) is 2.71. The SMILES string of the molecule is CC(=O)N1CC[C@H](C)C[C@H]1CC#N. The molecule has 0 aliphatic carbocycles. The predicted molar refractivity (Wildman–Crippen MR) is 49.8 cm³/mol. The molecule has 2 atom stereocenters. The normalized spacial score (nSPS) is 28.2. The zero-order valence-electron chi connectivity index (χ0n) is 8.29. The van der Waals surface area contributed by atoms with E-state index in [0.29, 0.717) is 12.3 Å². The van der Waals surface area contributed by atoms with Crippen LogP contribution in [0.2, 0.25) is 0 Å². The molecule has 0 bridgehead atoms. The fourth-order valence-corrected chi connectivity index (χ4v) is 1.97. The molecular formula is C10H16N2O. The fraction of sp³-hybridized carbons (Fsp3) is 0.800. The van der Waals surface area contributed by atoms with E-state index in [-0.39, 0.29) is 11.9 Å². The molecule has 0 aromatic heterocycles. The molecule has 1 saturated heterocycles. The lowest BCUT2D eigenvalue weighted by Gasteiger charge is -2.36. The predicted octanol–water partition coefficient (Wildman–Crippen LogP) is 1.55. The minimum Gasteiger partial charge on any atom is -0.339 e. The highest BCUT2D eigenvalue weighted by Gasteiger charge is 2.27. The number of hydrogen-bond donors (Lipinski definition) is 0. The van der Waals surface area contributed by atoms with Crippen LogP contribution in [0.25, 0.3) is 0 Å². The van der Waals surface area contributed by atoms with E-state index in [9.17, 15) is 4.79 Å². The van der Waals surface area contributed by atoms with Crippen LogP contribution in [-0.2, 0) is 4.79 Å².